The smallest absolute Gasteiger partial charge is 0.254 e. The van der Waals surface area contributed by atoms with Crippen LogP contribution >= 0.6 is 23.2 Å². The van der Waals surface area contributed by atoms with Gasteiger partial charge in [-0.25, -0.2) is 0 Å². The van der Waals surface area contributed by atoms with Crippen molar-refractivity contribution in [1.29, 1.82) is 0 Å². The lowest BCUT2D eigenvalue weighted by atomic mass is 10.0. The van der Waals surface area contributed by atoms with Gasteiger partial charge in [-0.3, -0.25) is 9.59 Å². The summed E-state index contributed by atoms with van der Waals surface area (Å²) < 4.78 is 0. The first-order valence-corrected chi connectivity index (χ1v) is 9.31. The maximum absolute atomic E-state index is 12.6. The maximum atomic E-state index is 12.6. The van der Waals surface area contributed by atoms with Crippen molar-refractivity contribution in [2.75, 3.05) is 26.2 Å². The zero-order valence-corrected chi connectivity index (χ0v) is 15.2. The Morgan fingerprint density at radius 3 is 2.04 bits per heavy atom. The minimum Gasteiger partial charge on any atom is -0.339 e. The van der Waals surface area contributed by atoms with Gasteiger partial charge in [-0.2, -0.15) is 0 Å². The van der Waals surface area contributed by atoms with Crippen LogP contribution in [0.3, 0.4) is 0 Å². The molecule has 0 bridgehead atoms. The molecule has 0 spiro atoms. The molecule has 1 heterocycles. The molecule has 1 aromatic rings. The molecule has 1 saturated carbocycles. The van der Waals surface area contributed by atoms with Gasteiger partial charge in [0.2, 0.25) is 5.91 Å². The van der Waals surface area contributed by atoms with Gasteiger partial charge in [0.1, 0.15) is 0 Å². The Labute approximate surface area is 152 Å². The monoisotopic (exact) mass is 368 g/mol. The largest absolute Gasteiger partial charge is 0.339 e. The Hall–Kier alpha value is -1.26. The number of carbonyl (C=O) groups is 2. The van der Waals surface area contributed by atoms with E-state index in [1.54, 1.807) is 23.1 Å². The van der Waals surface area contributed by atoms with Crippen LogP contribution in [0, 0.1) is 5.92 Å². The molecule has 24 heavy (non-hydrogen) atoms. The van der Waals surface area contributed by atoms with Gasteiger partial charge in [0.05, 0.1) is 0 Å². The summed E-state index contributed by atoms with van der Waals surface area (Å²) in [5.41, 5.74) is 0.498. The molecule has 2 amide bonds. The fourth-order valence-corrected chi connectivity index (χ4v) is 4.14. The lowest BCUT2D eigenvalue weighted by molar-refractivity contribution is -0.133. The summed E-state index contributed by atoms with van der Waals surface area (Å²) in [6, 6.07) is 4.88. The summed E-state index contributed by atoms with van der Waals surface area (Å²) in [6.45, 7) is 2.32. The molecular formula is C18H22Cl2N2O2. The van der Waals surface area contributed by atoms with E-state index in [1.807, 2.05) is 4.90 Å². The highest BCUT2D eigenvalue weighted by Crippen LogP contribution is 2.28. The summed E-state index contributed by atoms with van der Waals surface area (Å²) >= 11 is 11.9. The van der Waals surface area contributed by atoms with E-state index < -0.39 is 0 Å². The number of benzene rings is 1. The summed E-state index contributed by atoms with van der Waals surface area (Å²) in [5, 5.41) is 0.910. The lowest BCUT2D eigenvalue weighted by Crippen LogP contribution is -2.50. The topological polar surface area (TPSA) is 40.6 Å². The molecule has 1 aromatic carbocycles. The molecule has 0 unspecified atom stereocenters. The number of piperazine rings is 1. The van der Waals surface area contributed by atoms with Crippen molar-refractivity contribution in [3.63, 3.8) is 0 Å². The van der Waals surface area contributed by atoms with Crippen molar-refractivity contribution >= 4 is 35.0 Å². The van der Waals surface area contributed by atoms with Crippen molar-refractivity contribution in [2.45, 2.75) is 32.1 Å². The molecule has 4 nitrogen and oxygen atoms in total. The number of carbonyl (C=O) groups excluding carboxylic acids is 2. The van der Waals surface area contributed by atoms with Crippen molar-refractivity contribution in [3.05, 3.63) is 33.8 Å². The highest BCUT2D eigenvalue weighted by atomic mass is 35.5. The summed E-state index contributed by atoms with van der Waals surface area (Å²) in [4.78, 5) is 28.6. The number of halogens is 2. The molecule has 2 fully saturated rings. The number of hydrogen-bond acceptors (Lipinski definition) is 2. The Balaban J connectivity index is 1.54. The maximum Gasteiger partial charge on any atom is 0.254 e. The van der Waals surface area contributed by atoms with Gasteiger partial charge in [-0.1, -0.05) is 36.0 Å². The van der Waals surface area contributed by atoms with Gasteiger partial charge in [-0.15, -0.1) is 0 Å². The number of amides is 2. The molecule has 0 radical (unpaired) electrons. The fourth-order valence-electron chi connectivity index (χ4n) is 3.61. The predicted octanol–water partition coefficient (Wildman–Crippen LogP) is 3.86. The quantitative estimate of drug-likeness (QED) is 0.812. The van der Waals surface area contributed by atoms with Gasteiger partial charge in [0.15, 0.2) is 0 Å². The fraction of sp³-hybridized carbons (Fsp3) is 0.556. The highest BCUT2D eigenvalue weighted by Gasteiger charge is 2.27. The lowest BCUT2D eigenvalue weighted by Gasteiger charge is -2.35. The van der Waals surface area contributed by atoms with Crippen LogP contribution in [0.15, 0.2) is 18.2 Å². The van der Waals surface area contributed by atoms with Gasteiger partial charge >= 0.3 is 0 Å². The highest BCUT2D eigenvalue weighted by molar-refractivity contribution is 6.35. The first-order valence-electron chi connectivity index (χ1n) is 8.56. The van der Waals surface area contributed by atoms with E-state index >= 15 is 0 Å². The number of nitrogens with zero attached hydrogens (tertiary/aromatic N) is 2. The third kappa shape index (κ3) is 4.22. The van der Waals surface area contributed by atoms with E-state index in [1.165, 1.54) is 25.7 Å². The van der Waals surface area contributed by atoms with Crippen LogP contribution in [-0.4, -0.2) is 47.8 Å². The minimum absolute atomic E-state index is 0.0812. The van der Waals surface area contributed by atoms with Crippen molar-refractivity contribution in [2.24, 2.45) is 5.92 Å². The molecular weight excluding hydrogens is 347 g/mol. The molecule has 130 valence electrons. The van der Waals surface area contributed by atoms with E-state index in [0.717, 1.165) is 0 Å². The Morgan fingerprint density at radius 2 is 1.46 bits per heavy atom. The molecule has 1 saturated heterocycles. The summed E-state index contributed by atoms with van der Waals surface area (Å²) in [5.74, 6) is 0.716. The summed E-state index contributed by atoms with van der Waals surface area (Å²) in [7, 11) is 0. The Kier molecular flexibility index (Phi) is 5.67. The molecule has 1 aliphatic carbocycles. The molecule has 1 aliphatic heterocycles. The van der Waals surface area contributed by atoms with E-state index in [0.29, 0.717) is 54.1 Å². The van der Waals surface area contributed by atoms with Crippen molar-refractivity contribution in [3.8, 4) is 0 Å². The van der Waals surface area contributed by atoms with Crippen LogP contribution < -0.4 is 0 Å². The van der Waals surface area contributed by atoms with Crippen LogP contribution in [0.5, 0.6) is 0 Å². The van der Waals surface area contributed by atoms with Crippen LogP contribution in [-0.2, 0) is 4.79 Å². The third-order valence-electron chi connectivity index (χ3n) is 4.97. The Bertz CT molecular complexity index is 601. The SMILES string of the molecule is O=C(CC1CCCC1)N1CCN(C(=O)c2cc(Cl)cc(Cl)c2)CC1. The predicted molar refractivity (Wildman–Crippen MR) is 95.5 cm³/mol. The van der Waals surface area contributed by atoms with E-state index in [9.17, 15) is 9.59 Å². The molecule has 0 aromatic heterocycles. The molecule has 2 aliphatic rings. The molecule has 6 heteroatoms. The molecule has 0 atom stereocenters. The van der Waals surface area contributed by atoms with Gasteiger partial charge < -0.3 is 9.80 Å². The van der Waals surface area contributed by atoms with Gasteiger partial charge in [-0.05, 0) is 37.0 Å². The average molecular weight is 369 g/mol. The first kappa shape index (κ1) is 17.6. The van der Waals surface area contributed by atoms with Gasteiger partial charge in [0, 0.05) is 48.2 Å². The van der Waals surface area contributed by atoms with Crippen LogP contribution in [0.1, 0.15) is 42.5 Å². The molecule has 0 N–H and O–H groups in total. The standard InChI is InChI=1S/C18H22Cl2N2O2/c19-15-10-14(11-16(20)12-15)18(24)22-7-5-21(6-8-22)17(23)9-13-3-1-2-4-13/h10-13H,1-9H2. The van der Waals surface area contributed by atoms with Gasteiger partial charge in [0.25, 0.3) is 5.91 Å². The van der Waals surface area contributed by atoms with E-state index in [-0.39, 0.29) is 11.8 Å². The van der Waals surface area contributed by atoms with Crippen molar-refractivity contribution < 1.29 is 9.59 Å². The van der Waals surface area contributed by atoms with E-state index in [4.69, 9.17) is 23.2 Å². The Morgan fingerprint density at radius 1 is 0.917 bits per heavy atom. The van der Waals surface area contributed by atoms with Crippen LogP contribution in [0.4, 0.5) is 0 Å². The third-order valence-corrected chi connectivity index (χ3v) is 5.40. The van der Waals surface area contributed by atoms with Crippen molar-refractivity contribution in [1.82, 2.24) is 9.80 Å². The second-order valence-electron chi connectivity index (χ2n) is 6.69. The number of rotatable bonds is 3. The number of hydrogen-bond donors (Lipinski definition) is 0. The molecule has 3 rings (SSSR count). The minimum atomic E-state index is -0.0812. The first-order chi connectivity index (χ1) is 11.5. The summed E-state index contributed by atoms with van der Waals surface area (Å²) in [6.07, 6.45) is 5.53. The van der Waals surface area contributed by atoms with Crippen LogP contribution in [0.2, 0.25) is 10.0 Å². The normalized spacial score (nSPS) is 18.9. The average Bonchev–Trinajstić information content (AvgIpc) is 3.06. The zero-order valence-electron chi connectivity index (χ0n) is 13.6. The van der Waals surface area contributed by atoms with E-state index in [2.05, 4.69) is 0 Å². The second-order valence-corrected chi connectivity index (χ2v) is 7.56. The van der Waals surface area contributed by atoms with Crippen LogP contribution in [0.25, 0.3) is 0 Å². The second kappa shape index (κ2) is 7.75. The zero-order chi connectivity index (χ0) is 17.1.